The number of sulfone groups is 1. The molecule has 0 fully saturated rings. The quantitative estimate of drug-likeness (QED) is 0.723. The van der Waals surface area contributed by atoms with Crippen LogP contribution in [0.1, 0.15) is 0 Å². The highest BCUT2D eigenvalue weighted by molar-refractivity contribution is 7.91. The van der Waals surface area contributed by atoms with E-state index >= 15 is 0 Å². The second-order valence-corrected chi connectivity index (χ2v) is 6.73. The van der Waals surface area contributed by atoms with Crippen LogP contribution in [0.3, 0.4) is 0 Å². The van der Waals surface area contributed by atoms with Gasteiger partial charge in [0.1, 0.15) is 0 Å². The third kappa shape index (κ3) is 2.49. The largest absolute Gasteiger partial charge is 0.289 e. The molecular weight excluding hydrogens is 296 g/mol. The van der Waals surface area contributed by atoms with Crippen molar-refractivity contribution in [2.24, 2.45) is 0 Å². The summed E-state index contributed by atoms with van der Waals surface area (Å²) in [5.41, 5.74) is 0.814. The van der Waals surface area contributed by atoms with Gasteiger partial charge in [-0.05, 0) is 24.3 Å². The molecular formula is C18H13O3S. The molecule has 0 unspecified atom stereocenters. The van der Waals surface area contributed by atoms with Crippen LogP contribution in [0, 0.1) is 0 Å². The van der Waals surface area contributed by atoms with Gasteiger partial charge in [-0.2, -0.15) is 0 Å². The molecule has 0 aliphatic heterocycles. The molecule has 0 bridgehead atoms. The van der Waals surface area contributed by atoms with E-state index in [-0.39, 0.29) is 15.5 Å². The van der Waals surface area contributed by atoms with Crippen LogP contribution in [0.2, 0.25) is 0 Å². The molecule has 0 aliphatic carbocycles. The summed E-state index contributed by atoms with van der Waals surface area (Å²) in [6.45, 7) is 0. The molecule has 0 atom stereocenters. The predicted octanol–water partition coefficient (Wildman–Crippen LogP) is 4.33. The highest BCUT2D eigenvalue weighted by atomic mass is 32.2. The summed E-state index contributed by atoms with van der Waals surface area (Å²) < 4.78 is 25.7. The Morgan fingerprint density at radius 3 is 1.82 bits per heavy atom. The summed E-state index contributed by atoms with van der Waals surface area (Å²) in [6, 6.07) is 21.2. The van der Waals surface area contributed by atoms with Crippen LogP contribution in [0.25, 0.3) is 11.1 Å². The molecule has 0 amide bonds. The zero-order valence-corrected chi connectivity index (χ0v) is 12.5. The predicted molar refractivity (Wildman–Crippen MR) is 83.9 cm³/mol. The van der Waals surface area contributed by atoms with Crippen molar-refractivity contribution in [3.8, 4) is 16.9 Å². The summed E-state index contributed by atoms with van der Waals surface area (Å²) in [4.78, 5) is 0.357. The van der Waals surface area contributed by atoms with Crippen LogP contribution in [-0.4, -0.2) is 8.42 Å². The Bertz CT molecular complexity index is 900. The van der Waals surface area contributed by atoms with Crippen molar-refractivity contribution in [3.63, 3.8) is 0 Å². The third-order valence-electron chi connectivity index (χ3n) is 3.41. The highest BCUT2D eigenvalue weighted by Crippen LogP contribution is 2.35. The van der Waals surface area contributed by atoms with Crippen LogP contribution in [0.4, 0.5) is 0 Å². The van der Waals surface area contributed by atoms with E-state index in [1.807, 2.05) is 0 Å². The average molecular weight is 309 g/mol. The third-order valence-corrected chi connectivity index (χ3v) is 5.24. The minimum absolute atomic E-state index is 0.143. The Morgan fingerprint density at radius 1 is 0.591 bits per heavy atom. The molecule has 0 saturated carbocycles. The van der Waals surface area contributed by atoms with Gasteiger partial charge in [-0.3, -0.25) is 5.11 Å². The standard InChI is InChI=1S/C18H13O3S/c19-17-12-6-4-10-15(17)16-11-5-7-13-18(16)22(20,21)14-8-2-1-3-9-14/h1-13H. The summed E-state index contributed by atoms with van der Waals surface area (Å²) in [7, 11) is -3.67. The summed E-state index contributed by atoms with van der Waals surface area (Å²) >= 11 is 0. The fourth-order valence-electron chi connectivity index (χ4n) is 2.34. The normalized spacial score (nSPS) is 11.3. The lowest BCUT2D eigenvalue weighted by atomic mass is 10.0. The Kier molecular flexibility index (Phi) is 3.69. The first-order valence-electron chi connectivity index (χ1n) is 6.76. The fraction of sp³-hybridized carbons (Fsp3) is 0. The van der Waals surface area contributed by atoms with Crippen molar-refractivity contribution in [2.45, 2.75) is 9.79 Å². The van der Waals surface area contributed by atoms with Gasteiger partial charge in [0.25, 0.3) is 0 Å². The second-order valence-electron chi connectivity index (χ2n) is 4.81. The molecule has 4 heteroatoms. The van der Waals surface area contributed by atoms with E-state index in [1.165, 1.54) is 12.1 Å². The zero-order chi connectivity index (χ0) is 15.6. The topological polar surface area (TPSA) is 54.0 Å². The van der Waals surface area contributed by atoms with Crippen molar-refractivity contribution >= 4 is 9.84 Å². The average Bonchev–Trinajstić information content (AvgIpc) is 2.56. The van der Waals surface area contributed by atoms with Gasteiger partial charge in [-0.15, -0.1) is 0 Å². The van der Waals surface area contributed by atoms with Crippen LogP contribution >= 0.6 is 0 Å². The fourth-order valence-corrected chi connectivity index (χ4v) is 3.83. The molecule has 109 valence electrons. The van der Waals surface area contributed by atoms with Gasteiger partial charge >= 0.3 is 0 Å². The van der Waals surface area contributed by atoms with Gasteiger partial charge in [0.15, 0.2) is 5.75 Å². The Labute approximate surface area is 129 Å². The maximum Gasteiger partial charge on any atom is 0.207 e. The molecule has 22 heavy (non-hydrogen) atoms. The van der Waals surface area contributed by atoms with Gasteiger partial charge in [-0.1, -0.05) is 54.6 Å². The number of para-hydroxylation sites is 1. The first kappa shape index (κ1) is 14.4. The van der Waals surface area contributed by atoms with Crippen LogP contribution in [-0.2, 0) is 14.9 Å². The molecule has 0 aliphatic rings. The van der Waals surface area contributed by atoms with Crippen LogP contribution in [0.5, 0.6) is 5.75 Å². The van der Waals surface area contributed by atoms with Crippen LogP contribution in [0.15, 0.2) is 88.7 Å². The van der Waals surface area contributed by atoms with Crippen molar-refractivity contribution < 1.29 is 13.5 Å². The summed E-state index contributed by atoms with van der Waals surface area (Å²) in [5, 5.41) is 12.0. The van der Waals surface area contributed by atoms with E-state index in [2.05, 4.69) is 0 Å². The Morgan fingerprint density at radius 2 is 1.14 bits per heavy atom. The van der Waals surface area contributed by atoms with Crippen molar-refractivity contribution in [1.29, 1.82) is 0 Å². The lowest BCUT2D eigenvalue weighted by molar-refractivity contribution is 0.356. The summed E-state index contributed by atoms with van der Waals surface area (Å²) in [5.74, 6) is -0.196. The number of hydrogen-bond donors (Lipinski definition) is 0. The van der Waals surface area contributed by atoms with Gasteiger partial charge in [0, 0.05) is 11.1 Å². The lowest BCUT2D eigenvalue weighted by Crippen LogP contribution is -2.03. The molecule has 0 aromatic heterocycles. The molecule has 3 aromatic rings. The molecule has 3 aromatic carbocycles. The van der Waals surface area contributed by atoms with Gasteiger partial charge in [-0.25, -0.2) is 8.42 Å². The zero-order valence-electron chi connectivity index (χ0n) is 11.6. The molecule has 0 spiro atoms. The van der Waals surface area contributed by atoms with Crippen molar-refractivity contribution in [3.05, 3.63) is 78.9 Å². The molecule has 0 heterocycles. The molecule has 3 nitrogen and oxygen atoms in total. The monoisotopic (exact) mass is 309 g/mol. The van der Waals surface area contributed by atoms with Gasteiger partial charge < -0.3 is 0 Å². The van der Waals surface area contributed by atoms with E-state index in [9.17, 15) is 13.5 Å². The number of rotatable bonds is 3. The van der Waals surface area contributed by atoms with Crippen LogP contribution < -0.4 is 0 Å². The molecule has 1 radical (unpaired) electrons. The van der Waals surface area contributed by atoms with Crippen molar-refractivity contribution in [2.75, 3.05) is 0 Å². The molecule has 0 N–H and O–H groups in total. The molecule has 3 rings (SSSR count). The highest BCUT2D eigenvalue weighted by Gasteiger charge is 2.22. The van der Waals surface area contributed by atoms with E-state index in [4.69, 9.17) is 0 Å². The van der Waals surface area contributed by atoms with E-state index in [0.717, 1.165) is 0 Å². The van der Waals surface area contributed by atoms with E-state index in [1.54, 1.807) is 66.7 Å². The SMILES string of the molecule is [O]c1ccccc1-c1ccccc1S(=O)(=O)c1ccccc1. The van der Waals surface area contributed by atoms with E-state index in [0.29, 0.717) is 11.1 Å². The minimum Gasteiger partial charge on any atom is -0.289 e. The first-order chi connectivity index (χ1) is 10.6. The first-order valence-corrected chi connectivity index (χ1v) is 8.24. The summed E-state index contributed by atoms with van der Waals surface area (Å²) in [6.07, 6.45) is 0. The number of benzene rings is 3. The smallest absolute Gasteiger partial charge is 0.207 e. The maximum absolute atomic E-state index is 12.8. The van der Waals surface area contributed by atoms with Gasteiger partial charge in [0.05, 0.1) is 9.79 Å². The lowest BCUT2D eigenvalue weighted by Gasteiger charge is -2.11. The van der Waals surface area contributed by atoms with Gasteiger partial charge in [0.2, 0.25) is 9.84 Å². The molecule has 0 saturated heterocycles. The van der Waals surface area contributed by atoms with E-state index < -0.39 is 9.84 Å². The number of hydrogen-bond acceptors (Lipinski definition) is 2. The minimum atomic E-state index is -3.67. The maximum atomic E-state index is 12.8. The Balaban J connectivity index is 2.24. The Hall–Kier alpha value is -2.59. The van der Waals surface area contributed by atoms with Crippen molar-refractivity contribution in [1.82, 2.24) is 0 Å². The second kappa shape index (κ2) is 5.66.